The largest absolute Gasteiger partial charge is 0.454 e. The van der Waals surface area contributed by atoms with Crippen molar-refractivity contribution in [1.29, 1.82) is 0 Å². The summed E-state index contributed by atoms with van der Waals surface area (Å²) in [6, 6.07) is 0. The number of ether oxygens (including phenoxy) is 1. The van der Waals surface area contributed by atoms with Crippen LogP contribution in [0.3, 0.4) is 0 Å². The molecule has 2 nitrogen and oxygen atoms in total. The smallest absolute Gasteiger partial charge is 0.381 e. The van der Waals surface area contributed by atoms with Gasteiger partial charge in [-0.2, -0.15) is 13.2 Å². The summed E-state index contributed by atoms with van der Waals surface area (Å²) in [5.74, 6) is -1.87. The molecule has 0 saturated heterocycles. The molecule has 0 saturated carbocycles. The van der Waals surface area contributed by atoms with Gasteiger partial charge in [0.25, 0.3) is 5.78 Å². The number of methoxy groups -OCH3 is 1. The van der Waals surface area contributed by atoms with Gasteiger partial charge in [-0.05, 0) is 6.08 Å². The lowest BCUT2D eigenvalue weighted by atomic mass is 10.3. The van der Waals surface area contributed by atoms with Gasteiger partial charge in [0, 0.05) is 7.11 Å². The summed E-state index contributed by atoms with van der Waals surface area (Å²) in [5.41, 5.74) is 0. The summed E-state index contributed by atoms with van der Waals surface area (Å²) in [5, 5.41) is 0. The van der Waals surface area contributed by atoms with Crippen molar-refractivity contribution in [3.63, 3.8) is 0 Å². The van der Waals surface area contributed by atoms with E-state index in [0.717, 1.165) is 6.08 Å². The molecular weight excluding hydrogens is 161 g/mol. The molecule has 0 amide bonds. The molecule has 0 spiro atoms. The van der Waals surface area contributed by atoms with E-state index in [1.54, 1.807) is 0 Å². The SMILES string of the molecule is COC/C=C/C(=O)C(F)(F)F. The molecule has 0 aliphatic rings. The molecular formula is C6H7F3O2. The monoisotopic (exact) mass is 168 g/mol. The standard InChI is InChI=1S/C6H7F3O2/c1-11-4-2-3-5(10)6(7,8)9/h2-3H,4H2,1H3/b3-2+. The zero-order valence-electron chi connectivity index (χ0n) is 5.81. The van der Waals surface area contributed by atoms with Gasteiger partial charge < -0.3 is 4.74 Å². The van der Waals surface area contributed by atoms with Crippen LogP contribution in [0.2, 0.25) is 0 Å². The van der Waals surface area contributed by atoms with Crippen molar-refractivity contribution >= 4 is 5.78 Å². The first-order valence-corrected chi connectivity index (χ1v) is 2.75. The van der Waals surface area contributed by atoms with E-state index in [1.807, 2.05) is 0 Å². The fourth-order valence-electron chi connectivity index (χ4n) is 0.346. The Labute approximate surface area is 61.6 Å². The predicted molar refractivity (Wildman–Crippen MR) is 32.1 cm³/mol. The van der Waals surface area contributed by atoms with Crippen LogP contribution < -0.4 is 0 Å². The fraction of sp³-hybridized carbons (Fsp3) is 0.500. The molecule has 0 aromatic carbocycles. The third-order valence-electron chi connectivity index (χ3n) is 0.812. The first kappa shape index (κ1) is 10.2. The van der Waals surface area contributed by atoms with Crippen LogP contribution in [-0.2, 0) is 9.53 Å². The third kappa shape index (κ3) is 4.55. The Bertz CT molecular complexity index is 160. The number of rotatable bonds is 3. The number of carbonyl (C=O) groups is 1. The number of halogens is 3. The molecule has 0 radical (unpaired) electrons. The van der Waals surface area contributed by atoms with Crippen LogP contribution in [0.5, 0.6) is 0 Å². The van der Waals surface area contributed by atoms with E-state index in [0.29, 0.717) is 6.08 Å². The molecule has 0 unspecified atom stereocenters. The molecule has 0 aromatic rings. The molecule has 0 rings (SSSR count). The van der Waals surface area contributed by atoms with Gasteiger partial charge in [-0.15, -0.1) is 0 Å². The molecule has 0 aliphatic heterocycles. The van der Waals surface area contributed by atoms with Crippen LogP contribution in [0.1, 0.15) is 0 Å². The normalized spacial score (nSPS) is 12.4. The first-order valence-electron chi connectivity index (χ1n) is 2.75. The lowest BCUT2D eigenvalue weighted by molar-refractivity contribution is -0.165. The zero-order valence-corrected chi connectivity index (χ0v) is 5.81. The van der Waals surface area contributed by atoms with E-state index in [9.17, 15) is 18.0 Å². The lowest BCUT2D eigenvalue weighted by Crippen LogP contribution is -2.20. The Morgan fingerprint density at radius 1 is 1.55 bits per heavy atom. The quantitative estimate of drug-likeness (QED) is 0.594. The van der Waals surface area contributed by atoms with E-state index in [2.05, 4.69) is 4.74 Å². The van der Waals surface area contributed by atoms with Crippen molar-refractivity contribution in [2.24, 2.45) is 0 Å². The van der Waals surface area contributed by atoms with Crippen molar-refractivity contribution in [3.8, 4) is 0 Å². The highest BCUT2D eigenvalue weighted by Gasteiger charge is 2.35. The van der Waals surface area contributed by atoms with Crippen LogP contribution in [0.25, 0.3) is 0 Å². The summed E-state index contributed by atoms with van der Waals surface area (Å²) >= 11 is 0. The minimum Gasteiger partial charge on any atom is -0.381 e. The summed E-state index contributed by atoms with van der Waals surface area (Å²) in [6.07, 6.45) is -3.32. The highest BCUT2D eigenvalue weighted by Crippen LogP contribution is 2.15. The molecule has 0 N–H and O–H groups in total. The van der Waals surface area contributed by atoms with Gasteiger partial charge in [-0.1, -0.05) is 6.08 Å². The number of carbonyl (C=O) groups excluding carboxylic acids is 1. The maximum atomic E-state index is 11.4. The predicted octanol–water partition coefficient (Wildman–Crippen LogP) is 1.32. The summed E-state index contributed by atoms with van der Waals surface area (Å²) < 4.78 is 38.7. The number of allylic oxidation sites excluding steroid dienone is 1. The Kier molecular flexibility index (Phi) is 3.81. The molecule has 0 fully saturated rings. The number of ketones is 1. The lowest BCUT2D eigenvalue weighted by Gasteiger charge is -1.98. The second-order valence-electron chi connectivity index (χ2n) is 1.72. The summed E-state index contributed by atoms with van der Waals surface area (Å²) in [4.78, 5) is 10.1. The maximum Gasteiger partial charge on any atom is 0.454 e. The van der Waals surface area contributed by atoms with Crippen LogP contribution in [0.4, 0.5) is 13.2 Å². The summed E-state index contributed by atoms with van der Waals surface area (Å²) in [6.45, 7) is 0.00181. The topological polar surface area (TPSA) is 26.3 Å². The van der Waals surface area contributed by atoms with Gasteiger partial charge in [-0.25, -0.2) is 0 Å². The van der Waals surface area contributed by atoms with Crippen molar-refractivity contribution in [3.05, 3.63) is 12.2 Å². The third-order valence-corrected chi connectivity index (χ3v) is 0.812. The van der Waals surface area contributed by atoms with Crippen molar-refractivity contribution in [1.82, 2.24) is 0 Å². The molecule has 0 atom stereocenters. The Morgan fingerprint density at radius 3 is 2.45 bits per heavy atom. The van der Waals surface area contributed by atoms with Gasteiger partial charge >= 0.3 is 6.18 Å². The van der Waals surface area contributed by atoms with Crippen LogP contribution >= 0.6 is 0 Å². The van der Waals surface area contributed by atoms with E-state index in [-0.39, 0.29) is 6.61 Å². The number of alkyl halides is 3. The van der Waals surface area contributed by atoms with Crippen molar-refractivity contribution in [2.45, 2.75) is 6.18 Å². The minimum atomic E-state index is -4.77. The Morgan fingerprint density at radius 2 is 2.09 bits per heavy atom. The zero-order chi connectivity index (χ0) is 8.91. The van der Waals surface area contributed by atoms with Gasteiger partial charge in [0.15, 0.2) is 0 Å². The second-order valence-corrected chi connectivity index (χ2v) is 1.72. The van der Waals surface area contributed by atoms with Crippen molar-refractivity contribution < 1.29 is 22.7 Å². The van der Waals surface area contributed by atoms with E-state index in [1.165, 1.54) is 7.11 Å². The van der Waals surface area contributed by atoms with E-state index < -0.39 is 12.0 Å². The highest BCUT2D eigenvalue weighted by molar-refractivity contribution is 5.94. The molecule has 0 bridgehead atoms. The average Bonchev–Trinajstić information content (AvgIpc) is 1.86. The Balaban J connectivity index is 3.88. The van der Waals surface area contributed by atoms with Gasteiger partial charge in [0.2, 0.25) is 0 Å². The van der Waals surface area contributed by atoms with Gasteiger partial charge in [0.05, 0.1) is 6.61 Å². The maximum absolute atomic E-state index is 11.4. The summed E-state index contributed by atoms with van der Waals surface area (Å²) in [7, 11) is 1.32. The number of hydrogen-bond acceptors (Lipinski definition) is 2. The average molecular weight is 168 g/mol. The van der Waals surface area contributed by atoms with Crippen molar-refractivity contribution in [2.75, 3.05) is 13.7 Å². The second kappa shape index (κ2) is 4.12. The molecule has 0 aromatic heterocycles. The van der Waals surface area contributed by atoms with Gasteiger partial charge in [-0.3, -0.25) is 4.79 Å². The molecule has 64 valence electrons. The first-order chi connectivity index (χ1) is 4.98. The van der Waals surface area contributed by atoms with Crippen LogP contribution in [0, 0.1) is 0 Å². The van der Waals surface area contributed by atoms with E-state index >= 15 is 0 Å². The molecule has 0 heterocycles. The Hall–Kier alpha value is -0.840. The molecule has 11 heavy (non-hydrogen) atoms. The number of hydrogen-bond donors (Lipinski definition) is 0. The fourth-order valence-corrected chi connectivity index (χ4v) is 0.346. The van der Waals surface area contributed by atoms with Gasteiger partial charge in [0.1, 0.15) is 0 Å². The molecule has 5 heteroatoms. The molecule has 0 aliphatic carbocycles. The minimum absolute atomic E-state index is 0.00181. The van der Waals surface area contributed by atoms with Crippen LogP contribution in [0.15, 0.2) is 12.2 Å². The van der Waals surface area contributed by atoms with Crippen LogP contribution in [-0.4, -0.2) is 25.7 Å². The van der Waals surface area contributed by atoms with E-state index in [4.69, 9.17) is 0 Å². The highest BCUT2D eigenvalue weighted by atomic mass is 19.4.